The molecule has 0 aliphatic rings. The van der Waals surface area contributed by atoms with E-state index in [1.54, 1.807) is 19.0 Å². The maximum absolute atomic E-state index is 11.3. The summed E-state index contributed by atoms with van der Waals surface area (Å²) in [7, 11) is 3.55. The zero-order chi connectivity index (χ0) is 24.4. The molecule has 0 bridgehead atoms. The molecule has 0 saturated heterocycles. The zero-order valence-electron chi connectivity index (χ0n) is 21.5. The predicted molar refractivity (Wildman–Crippen MR) is 135 cm³/mol. The van der Waals surface area contributed by atoms with E-state index in [0.717, 1.165) is 11.1 Å². The van der Waals surface area contributed by atoms with E-state index in [2.05, 4.69) is 19.9 Å². The Morgan fingerprint density at radius 3 is 1.58 bits per heavy atom. The maximum atomic E-state index is 11.3. The van der Waals surface area contributed by atoms with Crippen molar-refractivity contribution in [3.05, 3.63) is 70.8 Å². The van der Waals surface area contributed by atoms with Gasteiger partial charge in [-0.25, -0.2) is 0 Å². The minimum atomic E-state index is -0.367. The normalized spacial score (nSPS) is 9.45. The summed E-state index contributed by atoms with van der Waals surface area (Å²) in [4.78, 5) is 12.9. The molecule has 0 aliphatic heterocycles. The van der Waals surface area contributed by atoms with Gasteiger partial charge in [0.1, 0.15) is 0 Å². The van der Waals surface area contributed by atoms with Gasteiger partial charge < -0.3 is 4.90 Å². The molecule has 0 N–H and O–H groups in total. The molecule has 0 atom stereocenters. The first-order chi connectivity index (χ1) is 14.6. The van der Waals surface area contributed by atoms with Gasteiger partial charge in [-0.3, -0.25) is 4.79 Å². The quantitative estimate of drug-likeness (QED) is 0.518. The van der Waals surface area contributed by atoms with Crippen molar-refractivity contribution in [3.63, 3.8) is 0 Å². The lowest BCUT2D eigenvalue weighted by Gasteiger charge is -2.15. The van der Waals surface area contributed by atoms with E-state index in [0.29, 0.717) is 6.42 Å². The van der Waals surface area contributed by atoms with Gasteiger partial charge in [-0.15, -0.1) is 0 Å². The van der Waals surface area contributed by atoms with Crippen LogP contribution in [0.5, 0.6) is 0 Å². The van der Waals surface area contributed by atoms with Crippen LogP contribution in [0.3, 0.4) is 0 Å². The van der Waals surface area contributed by atoms with Gasteiger partial charge in [-0.2, -0.15) is 5.26 Å². The van der Waals surface area contributed by atoms with Crippen LogP contribution >= 0.6 is 0 Å². The number of hydrogen-bond acceptors (Lipinski definition) is 2. The highest BCUT2D eigenvalue weighted by Crippen LogP contribution is 2.21. The van der Waals surface area contributed by atoms with E-state index in [-0.39, 0.29) is 11.3 Å². The molecular formula is C28H44N2O. The monoisotopic (exact) mass is 424 g/mol. The summed E-state index contributed by atoms with van der Waals surface area (Å²) in [5.74, 6) is 0.142. The van der Waals surface area contributed by atoms with Crippen molar-refractivity contribution in [2.45, 2.75) is 80.1 Å². The van der Waals surface area contributed by atoms with Crippen LogP contribution in [0.1, 0.15) is 76.6 Å². The fourth-order valence-corrected chi connectivity index (χ4v) is 2.07. The van der Waals surface area contributed by atoms with Gasteiger partial charge in [0, 0.05) is 14.1 Å². The summed E-state index contributed by atoms with van der Waals surface area (Å²) < 4.78 is 0. The highest BCUT2D eigenvalue weighted by molar-refractivity contribution is 5.78. The average molecular weight is 425 g/mol. The van der Waals surface area contributed by atoms with Crippen molar-refractivity contribution in [2.75, 3.05) is 14.1 Å². The van der Waals surface area contributed by atoms with Crippen LogP contribution in [0.2, 0.25) is 0 Å². The molecule has 0 heterocycles. The summed E-state index contributed by atoms with van der Waals surface area (Å²) in [5, 5.41) is 8.87. The number of amides is 1. The molecule has 31 heavy (non-hydrogen) atoms. The fourth-order valence-electron chi connectivity index (χ4n) is 2.07. The van der Waals surface area contributed by atoms with Crippen LogP contribution in [-0.4, -0.2) is 24.9 Å². The smallest absolute Gasteiger partial charge is 0.226 e. The van der Waals surface area contributed by atoms with Crippen LogP contribution in [0.25, 0.3) is 0 Å². The molecule has 0 saturated carbocycles. The molecule has 1 amide bonds. The molecule has 0 spiro atoms. The highest BCUT2D eigenvalue weighted by atomic mass is 16.2. The average Bonchev–Trinajstić information content (AvgIpc) is 2.77. The lowest BCUT2D eigenvalue weighted by molar-refractivity contribution is -0.127. The molecule has 2 aromatic rings. The largest absolute Gasteiger partial charge is 0.349 e. The van der Waals surface area contributed by atoms with E-state index < -0.39 is 0 Å². The SMILES string of the molecule is CC.CCCC.Cc1ccc(C(C)(C)C#N)cc1.Cc1ccc(CC(=O)N(C)C)cc1. The van der Waals surface area contributed by atoms with E-state index >= 15 is 0 Å². The molecule has 0 fully saturated rings. The van der Waals surface area contributed by atoms with Crippen LogP contribution in [0, 0.1) is 25.2 Å². The lowest BCUT2D eigenvalue weighted by atomic mass is 9.86. The maximum Gasteiger partial charge on any atom is 0.226 e. The Morgan fingerprint density at radius 2 is 1.26 bits per heavy atom. The first-order valence-electron chi connectivity index (χ1n) is 11.3. The minimum absolute atomic E-state index is 0.142. The second-order valence-corrected chi connectivity index (χ2v) is 8.05. The summed E-state index contributed by atoms with van der Waals surface area (Å²) >= 11 is 0. The van der Waals surface area contributed by atoms with Crippen LogP contribution < -0.4 is 0 Å². The van der Waals surface area contributed by atoms with Gasteiger partial charge in [-0.05, 0) is 38.8 Å². The van der Waals surface area contributed by atoms with E-state index in [1.165, 1.54) is 24.0 Å². The van der Waals surface area contributed by atoms with Gasteiger partial charge in [-0.1, -0.05) is 100 Å². The molecule has 0 unspecified atom stereocenters. The van der Waals surface area contributed by atoms with Gasteiger partial charge >= 0.3 is 0 Å². The Hall–Kier alpha value is -2.60. The van der Waals surface area contributed by atoms with Crippen molar-refractivity contribution in [1.29, 1.82) is 5.26 Å². The zero-order valence-corrected chi connectivity index (χ0v) is 21.5. The third-order valence-corrected chi connectivity index (χ3v) is 4.53. The Kier molecular flexibility index (Phi) is 16.9. The Bertz CT molecular complexity index is 749. The van der Waals surface area contributed by atoms with Crippen LogP contribution in [-0.2, 0) is 16.6 Å². The molecule has 0 aromatic heterocycles. The van der Waals surface area contributed by atoms with E-state index in [4.69, 9.17) is 5.26 Å². The van der Waals surface area contributed by atoms with E-state index in [1.807, 2.05) is 90.1 Å². The summed E-state index contributed by atoms with van der Waals surface area (Å²) in [6, 6.07) is 18.4. The Labute approximate surface area is 192 Å². The van der Waals surface area contributed by atoms with E-state index in [9.17, 15) is 4.79 Å². The number of unbranched alkanes of at least 4 members (excludes halogenated alkanes) is 1. The topological polar surface area (TPSA) is 44.1 Å². The van der Waals surface area contributed by atoms with Crippen molar-refractivity contribution in [1.82, 2.24) is 4.90 Å². The third kappa shape index (κ3) is 14.1. The first kappa shape index (κ1) is 30.6. The van der Waals surface area contributed by atoms with Crippen molar-refractivity contribution in [3.8, 4) is 6.07 Å². The second-order valence-electron chi connectivity index (χ2n) is 8.05. The number of likely N-dealkylation sites (N-methyl/N-ethyl adjacent to an activating group) is 1. The molecule has 2 rings (SSSR count). The molecule has 3 nitrogen and oxygen atoms in total. The summed E-state index contributed by atoms with van der Waals surface area (Å²) in [6.45, 7) is 16.3. The second kappa shape index (κ2) is 17.1. The summed E-state index contributed by atoms with van der Waals surface area (Å²) in [5.41, 5.74) is 4.24. The Morgan fingerprint density at radius 1 is 0.871 bits per heavy atom. The predicted octanol–water partition coefficient (Wildman–Crippen LogP) is 7.25. The van der Waals surface area contributed by atoms with Gasteiger partial charge in [0.2, 0.25) is 5.91 Å². The lowest BCUT2D eigenvalue weighted by Crippen LogP contribution is -2.23. The number of carbonyl (C=O) groups excluding carboxylic acids is 1. The third-order valence-electron chi connectivity index (χ3n) is 4.53. The van der Waals surface area contributed by atoms with Crippen molar-refractivity contribution in [2.24, 2.45) is 0 Å². The number of carbonyl (C=O) groups is 1. The molecular weight excluding hydrogens is 380 g/mol. The highest BCUT2D eigenvalue weighted by Gasteiger charge is 2.18. The number of aryl methyl sites for hydroxylation is 2. The van der Waals surface area contributed by atoms with Crippen LogP contribution in [0.15, 0.2) is 48.5 Å². The number of nitrogens with zero attached hydrogens (tertiary/aromatic N) is 2. The first-order valence-corrected chi connectivity index (χ1v) is 11.3. The molecule has 2 aromatic carbocycles. The standard InChI is InChI=1S/C11H15NO.C11H13N.C4H10.C2H6/c1-9-4-6-10(7-5-9)8-11(13)12(2)3;1-9-4-6-10(7-5-9)11(2,3)8-12;1-3-4-2;1-2/h4-7H,8H2,1-3H3;4-7H,1-3H3;3-4H2,1-2H3;1-2H3. The number of hydrogen-bond donors (Lipinski definition) is 0. The number of nitriles is 1. The fraction of sp³-hybridized carbons (Fsp3) is 0.500. The summed E-state index contributed by atoms with van der Waals surface area (Å²) in [6.07, 6.45) is 3.13. The van der Waals surface area contributed by atoms with Gasteiger partial charge in [0.05, 0.1) is 17.9 Å². The molecule has 172 valence electrons. The van der Waals surface area contributed by atoms with Gasteiger partial charge in [0.25, 0.3) is 0 Å². The molecule has 0 aliphatic carbocycles. The van der Waals surface area contributed by atoms with Crippen LogP contribution in [0.4, 0.5) is 0 Å². The number of benzene rings is 2. The van der Waals surface area contributed by atoms with Crippen molar-refractivity contribution < 1.29 is 4.79 Å². The Balaban J connectivity index is 0. The van der Waals surface area contributed by atoms with Crippen molar-refractivity contribution >= 4 is 5.91 Å². The number of rotatable bonds is 4. The van der Waals surface area contributed by atoms with Gasteiger partial charge in [0.15, 0.2) is 0 Å². The molecule has 3 heteroatoms. The minimum Gasteiger partial charge on any atom is -0.349 e. The molecule has 0 radical (unpaired) electrons.